The lowest BCUT2D eigenvalue weighted by Crippen LogP contribution is -3.27. The molecule has 2 aliphatic rings. The van der Waals surface area contributed by atoms with Crippen molar-refractivity contribution in [2.24, 2.45) is 0 Å². The third-order valence-electron chi connectivity index (χ3n) is 5.76. The molecule has 0 aliphatic carbocycles. The fourth-order valence-electron chi connectivity index (χ4n) is 4.19. The summed E-state index contributed by atoms with van der Waals surface area (Å²) in [6, 6.07) is 16.6. The Hall–Kier alpha value is -2.70. The first kappa shape index (κ1) is 17.4. The van der Waals surface area contributed by atoms with Gasteiger partial charge in [0.25, 0.3) is 5.89 Å². The fourth-order valence-corrected chi connectivity index (χ4v) is 4.19. The lowest BCUT2D eigenvalue weighted by molar-refractivity contribution is -1.02. The predicted octanol–water partition coefficient (Wildman–Crippen LogP) is 0.155. The summed E-state index contributed by atoms with van der Waals surface area (Å²) in [5.41, 5.74) is 3.77. The highest BCUT2D eigenvalue weighted by Crippen LogP contribution is 2.25. The van der Waals surface area contributed by atoms with E-state index in [-0.39, 0.29) is 0 Å². The Balaban J connectivity index is 1.14. The number of piperazine rings is 1. The van der Waals surface area contributed by atoms with E-state index in [1.807, 2.05) is 30.3 Å². The molecule has 2 aliphatic heterocycles. The molecule has 6 nitrogen and oxygen atoms in total. The van der Waals surface area contributed by atoms with Crippen LogP contribution in [0.3, 0.4) is 0 Å². The van der Waals surface area contributed by atoms with E-state index in [4.69, 9.17) is 9.15 Å². The van der Waals surface area contributed by atoms with E-state index in [2.05, 4.69) is 28.4 Å². The third kappa shape index (κ3) is 3.79. The van der Waals surface area contributed by atoms with Crippen molar-refractivity contribution in [3.05, 3.63) is 65.5 Å². The molecule has 1 saturated heterocycles. The van der Waals surface area contributed by atoms with E-state index >= 15 is 0 Å². The number of ether oxygens (including phenoxy) is 1. The molecule has 2 aromatic carbocycles. The second kappa shape index (κ2) is 7.73. The number of rotatable bonds is 5. The number of nitrogens with zero attached hydrogens (tertiary/aromatic N) is 2. The van der Waals surface area contributed by atoms with Crippen LogP contribution in [0.2, 0.25) is 0 Å². The smallest absolute Gasteiger partial charge is 0.271 e. The number of hydrogen-bond acceptors (Lipinski definition) is 4. The highest BCUT2D eigenvalue weighted by molar-refractivity contribution is 5.51. The van der Waals surface area contributed by atoms with Crippen molar-refractivity contribution in [2.75, 3.05) is 32.8 Å². The van der Waals surface area contributed by atoms with Crippen LogP contribution >= 0.6 is 0 Å². The van der Waals surface area contributed by atoms with Gasteiger partial charge in [-0.05, 0) is 35.9 Å². The fraction of sp³-hybridized carbons (Fsp3) is 0.364. The average Bonchev–Trinajstić information content (AvgIpc) is 3.39. The minimum Gasteiger partial charge on any atom is -0.493 e. The first-order valence-electron chi connectivity index (χ1n) is 10.1. The van der Waals surface area contributed by atoms with Gasteiger partial charge in [-0.2, -0.15) is 0 Å². The van der Waals surface area contributed by atoms with Crippen molar-refractivity contribution in [2.45, 2.75) is 19.5 Å². The summed E-state index contributed by atoms with van der Waals surface area (Å²) >= 11 is 0. The van der Waals surface area contributed by atoms with Crippen molar-refractivity contribution in [3.63, 3.8) is 0 Å². The molecular weight excluding hydrogens is 352 g/mol. The van der Waals surface area contributed by atoms with Crippen molar-refractivity contribution in [1.82, 2.24) is 10.2 Å². The molecule has 144 valence electrons. The van der Waals surface area contributed by atoms with Crippen LogP contribution in [0.5, 0.6) is 5.75 Å². The predicted molar refractivity (Wildman–Crippen MR) is 104 cm³/mol. The van der Waals surface area contributed by atoms with Gasteiger partial charge < -0.3 is 19.0 Å². The van der Waals surface area contributed by atoms with Gasteiger partial charge in [0, 0.05) is 17.5 Å². The molecule has 1 aromatic heterocycles. The maximum Gasteiger partial charge on any atom is 0.271 e. The molecule has 6 heteroatoms. The molecule has 0 spiro atoms. The van der Waals surface area contributed by atoms with Gasteiger partial charge in [0.15, 0.2) is 6.54 Å². The Bertz CT molecular complexity index is 933. The minimum absolute atomic E-state index is 0.611. The summed E-state index contributed by atoms with van der Waals surface area (Å²) in [6.45, 7) is 7.34. The lowest BCUT2D eigenvalue weighted by Gasteiger charge is -2.29. The van der Waals surface area contributed by atoms with Gasteiger partial charge in [0.05, 0.1) is 6.61 Å². The molecule has 5 rings (SSSR count). The zero-order chi connectivity index (χ0) is 18.8. The van der Waals surface area contributed by atoms with Crippen LogP contribution in [0, 0.1) is 0 Å². The Morgan fingerprint density at radius 2 is 1.64 bits per heavy atom. The van der Waals surface area contributed by atoms with Crippen LogP contribution in [0.1, 0.15) is 17.0 Å². The summed E-state index contributed by atoms with van der Waals surface area (Å²) in [6.07, 6.45) is 1.05. The van der Waals surface area contributed by atoms with Crippen LogP contribution in [-0.4, -0.2) is 43.0 Å². The summed E-state index contributed by atoms with van der Waals surface area (Å²) in [5, 5.41) is 8.46. The second-order valence-electron chi connectivity index (χ2n) is 7.76. The first-order valence-corrected chi connectivity index (χ1v) is 10.1. The first-order chi connectivity index (χ1) is 13.8. The SMILES string of the molecule is c1ccc(-c2nnc(C[NH+]3CC[NH+](Cc4ccc5c(c4)CCO5)CC3)o2)cc1. The van der Waals surface area contributed by atoms with E-state index in [1.165, 1.54) is 29.1 Å². The van der Waals surface area contributed by atoms with Crippen LogP contribution in [0.25, 0.3) is 11.5 Å². The topological polar surface area (TPSA) is 57.0 Å². The number of aromatic nitrogens is 2. The Morgan fingerprint density at radius 1 is 0.857 bits per heavy atom. The maximum absolute atomic E-state index is 5.88. The molecule has 0 radical (unpaired) electrons. The maximum atomic E-state index is 5.88. The molecule has 0 bridgehead atoms. The van der Waals surface area contributed by atoms with Crippen LogP contribution in [0.15, 0.2) is 52.9 Å². The molecule has 0 saturated carbocycles. The largest absolute Gasteiger partial charge is 0.493 e. The monoisotopic (exact) mass is 378 g/mol. The standard InChI is InChI=1S/C22H24N4O2/c1-2-4-18(5-3-1)22-24-23-21(28-22)16-26-11-9-25(10-12-26)15-17-6-7-20-19(14-17)8-13-27-20/h1-7,14H,8-13,15-16H2/p+2. The molecular formula is C22H26N4O2+2. The Kier molecular flexibility index (Phi) is 4.81. The van der Waals surface area contributed by atoms with Crippen molar-refractivity contribution in [3.8, 4) is 17.2 Å². The van der Waals surface area contributed by atoms with Gasteiger partial charge >= 0.3 is 0 Å². The summed E-state index contributed by atoms with van der Waals surface area (Å²) < 4.78 is 11.5. The molecule has 0 unspecified atom stereocenters. The number of fused-ring (bicyclic) bond motifs is 1. The van der Waals surface area contributed by atoms with Gasteiger partial charge in [-0.25, -0.2) is 0 Å². The summed E-state index contributed by atoms with van der Waals surface area (Å²) in [4.78, 5) is 3.17. The molecule has 0 amide bonds. The second-order valence-corrected chi connectivity index (χ2v) is 7.76. The van der Waals surface area contributed by atoms with Crippen LogP contribution in [-0.2, 0) is 19.5 Å². The van der Waals surface area contributed by atoms with Crippen LogP contribution < -0.4 is 14.5 Å². The highest BCUT2D eigenvalue weighted by atomic mass is 16.5. The van der Waals surface area contributed by atoms with E-state index < -0.39 is 0 Å². The summed E-state index contributed by atoms with van der Waals surface area (Å²) in [5.74, 6) is 2.42. The molecule has 0 atom stereocenters. The number of quaternary nitrogens is 2. The van der Waals surface area contributed by atoms with Gasteiger partial charge in [-0.3, -0.25) is 0 Å². The highest BCUT2D eigenvalue weighted by Gasteiger charge is 2.25. The minimum atomic E-state index is 0.611. The van der Waals surface area contributed by atoms with E-state index in [0.29, 0.717) is 5.89 Å². The molecule has 3 heterocycles. The van der Waals surface area contributed by atoms with E-state index in [0.717, 1.165) is 56.4 Å². The average molecular weight is 378 g/mol. The normalized spacial score (nSPS) is 21.3. The Labute approximate surface area is 164 Å². The Morgan fingerprint density at radius 3 is 2.46 bits per heavy atom. The zero-order valence-corrected chi connectivity index (χ0v) is 16.0. The molecule has 2 N–H and O–H groups in total. The van der Waals surface area contributed by atoms with Gasteiger partial charge in [0.2, 0.25) is 5.89 Å². The van der Waals surface area contributed by atoms with Crippen molar-refractivity contribution in [1.29, 1.82) is 0 Å². The third-order valence-corrected chi connectivity index (χ3v) is 5.76. The molecule has 28 heavy (non-hydrogen) atoms. The van der Waals surface area contributed by atoms with Crippen molar-refractivity contribution < 1.29 is 19.0 Å². The van der Waals surface area contributed by atoms with Crippen molar-refractivity contribution >= 4 is 0 Å². The van der Waals surface area contributed by atoms with Crippen LogP contribution in [0.4, 0.5) is 0 Å². The number of benzene rings is 2. The van der Waals surface area contributed by atoms with Gasteiger partial charge in [0.1, 0.15) is 38.5 Å². The van der Waals surface area contributed by atoms with E-state index in [9.17, 15) is 0 Å². The zero-order valence-electron chi connectivity index (χ0n) is 16.0. The molecule has 1 fully saturated rings. The number of hydrogen-bond donors (Lipinski definition) is 2. The quantitative estimate of drug-likeness (QED) is 0.664. The van der Waals surface area contributed by atoms with E-state index in [1.54, 1.807) is 4.90 Å². The lowest BCUT2D eigenvalue weighted by atomic mass is 10.1. The number of nitrogens with one attached hydrogen (secondary N) is 2. The van der Waals surface area contributed by atoms with Gasteiger partial charge in [-0.1, -0.05) is 18.2 Å². The summed E-state index contributed by atoms with van der Waals surface area (Å²) in [7, 11) is 0. The molecule has 3 aromatic rings. The van der Waals surface area contributed by atoms with Gasteiger partial charge in [-0.15, -0.1) is 10.2 Å².